The minimum atomic E-state index is -4.22. The number of nitrogens with zero attached hydrogens (tertiary/aromatic N) is 2. The van der Waals surface area contributed by atoms with Crippen molar-refractivity contribution in [1.29, 1.82) is 0 Å². The largest absolute Gasteiger partial charge is 0.495 e. The lowest BCUT2D eigenvalue weighted by atomic mass is 10.2. The van der Waals surface area contributed by atoms with Crippen molar-refractivity contribution < 1.29 is 34.8 Å². The number of hydrogen-bond donors (Lipinski definition) is 0. The molecule has 0 saturated carbocycles. The summed E-state index contributed by atoms with van der Waals surface area (Å²) in [7, 11) is -8.93. The fraction of sp³-hybridized carbons (Fsp3) is 0.562. The summed E-state index contributed by atoms with van der Waals surface area (Å²) in [4.78, 5) is 12.0. The maximum absolute atomic E-state index is 13.2. The van der Waals surface area contributed by atoms with Crippen LogP contribution in [0, 0.1) is 5.92 Å². The third-order valence-electron chi connectivity index (χ3n) is 5.12. The van der Waals surface area contributed by atoms with Crippen molar-refractivity contribution in [2.75, 3.05) is 35.7 Å². The van der Waals surface area contributed by atoms with Crippen LogP contribution in [-0.4, -0.2) is 72.9 Å². The summed E-state index contributed by atoms with van der Waals surface area (Å²) in [5.41, 5.74) is -0.105. The highest BCUT2D eigenvalue weighted by atomic mass is 32.2. The maximum atomic E-state index is 13.2. The smallest absolute Gasteiger partial charge is 0.246 e. The normalized spacial score (nSPS) is 26.2. The van der Waals surface area contributed by atoms with E-state index in [0.717, 1.165) is 10.4 Å². The molecule has 0 unspecified atom stereocenters. The zero-order valence-electron chi connectivity index (χ0n) is 16.1. The Kier molecular flexibility index (Phi) is 5.47. The molecule has 29 heavy (non-hydrogen) atoms. The predicted molar refractivity (Wildman–Crippen MR) is 105 cm³/mol. The highest BCUT2D eigenvalue weighted by Crippen LogP contribution is 2.36. The van der Waals surface area contributed by atoms with E-state index in [9.17, 15) is 30.0 Å². The molecule has 2 heterocycles. The van der Waals surface area contributed by atoms with Gasteiger partial charge in [0.05, 0.1) is 36.0 Å². The number of methoxy groups -OCH3 is 1. The van der Waals surface area contributed by atoms with Crippen molar-refractivity contribution >= 4 is 41.5 Å². The van der Waals surface area contributed by atoms with E-state index in [1.54, 1.807) is 0 Å². The Morgan fingerprint density at radius 3 is 2.31 bits per heavy atom. The first kappa shape index (κ1) is 22.0. The van der Waals surface area contributed by atoms with Crippen LogP contribution in [0.15, 0.2) is 23.1 Å². The standard InChI is InChI=1S/C16H22N2O8S3/c1-11-9-28(22,23)18(16(11)19)12-4-5-14(26-3)15(8-12)29(24,25)17(2)13-6-7-27(20,21)10-13/h4-5,8,11,13H,6-7,9-10H2,1-3H3/t11-,13+/m0/s1. The number of amides is 1. The quantitative estimate of drug-likeness (QED) is 0.583. The third-order valence-corrected chi connectivity index (χ3v) is 10.7. The van der Waals surface area contributed by atoms with E-state index in [0.29, 0.717) is 4.31 Å². The highest BCUT2D eigenvalue weighted by molar-refractivity contribution is 7.94. The number of rotatable bonds is 5. The number of sulfone groups is 1. The molecule has 2 aliphatic heterocycles. The van der Waals surface area contributed by atoms with Gasteiger partial charge < -0.3 is 4.74 Å². The van der Waals surface area contributed by atoms with Crippen LogP contribution in [0.25, 0.3) is 0 Å². The van der Waals surface area contributed by atoms with Crippen molar-refractivity contribution in [2.24, 2.45) is 5.92 Å². The van der Waals surface area contributed by atoms with Gasteiger partial charge in [-0.15, -0.1) is 0 Å². The molecule has 2 fully saturated rings. The van der Waals surface area contributed by atoms with Gasteiger partial charge in [-0.05, 0) is 24.6 Å². The summed E-state index contributed by atoms with van der Waals surface area (Å²) in [6.45, 7) is 1.48. The van der Waals surface area contributed by atoms with Gasteiger partial charge in [0.25, 0.3) is 0 Å². The molecule has 2 aliphatic rings. The number of carbonyl (C=O) groups excluding carboxylic acids is 1. The number of carbonyl (C=O) groups is 1. The topological polar surface area (TPSA) is 135 Å². The summed E-state index contributed by atoms with van der Waals surface area (Å²) < 4.78 is 81.3. The fourth-order valence-corrected chi connectivity index (χ4v) is 8.73. The number of hydrogen-bond acceptors (Lipinski definition) is 8. The molecular weight excluding hydrogens is 444 g/mol. The van der Waals surface area contributed by atoms with Gasteiger partial charge in [0.2, 0.25) is 26.0 Å². The average Bonchev–Trinajstić information content (AvgIpc) is 3.09. The van der Waals surface area contributed by atoms with Crippen LogP contribution in [0.2, 0.25) is 0 Å². The SMILES string of the molecule is COc1ccc(N2C(=O)[C@@H](C)CS2(=O)=O)cc1S(=O)(=O)N(C)[C@@H]1CCS(=O)(=O)C1. The number of benzene rings is 1. The van der Waals surface area contributed by atoms with Crippen molar-refractivity contribution in [3.8, 4) is 5.75 Å². The minimum absolute atomic E-state index is 0.0430. The second-order valence-corrected chi connectivity index (χ2v) is 13.3. The first-order valence-electron chi connectivity index (χ1n) is 8.73. The molecule has 0 aromatic heterocycles. The lowest BCUT2D eigenvalue weighted by molar-refractivity contribution is -0.119. The molecule has 2 atom stereocenters. The van der Waals surface area contributed by atoms with Gasteiger partial charge in [0, 0.05) is 13.1 Å². The molecule has 0 bridgehead atoms. The Hall–Kier alpha value is -1.70. The summed E-state index contributed by atoms with van der Waals surface area (Å²) >= 11 is 0. The molecule has 0 N–H and O–H groups in total. The van der Waals surface area contributed by atoms with Gasteiger partial charge in [0.1, 0.15) is 10.6 Å². The average molecular weight is 467 g/mol. The molecule has 1 amide bonds. The van der Waals surface area contributed by atoms with Crippen LogP contribution in [0.1, 0.15) is 13.3 Å². The van der Waals surface area contributed by atoms with E-state index in [1.807, 2.05) is 0 Å². The monoisotopic (exact) mass is 466 g/mol. The first-order valence-corrected chi connectivity index (χ1v) is 13.6. The van der Waals surface area contributed by atoms with E-state index in [-0.39, 0.29) is 40.0 Å². The van der Waals surface area contributed by atoms with Gasteiger partial charge in [-0.2, -0.15) is 4.31 Å². The number of sulfonamides is 2. The van der Waals surface area contributed by atoms with E-state index in [1.165, 1.54) is 33.2 Å². The van der Waals surface area contributed by atoms with Gasteiger partial charge in [-0.25, -0.2) is 29.6 Å². The van der Waals surface area contributed by atoms with Crippen LogP contribution >= 0.6 is 0 Å². The van der Waals surface area contributed by atoms with Crippen LogP contribution in [-0.2, 0) is 34.7 Å². The van der Waals surface area contributed by atoms with Gasteiger partial charge in [-0.1, -0.05) is 6.92 Å². The van der Waals surface area contributed by atoms with Crippen LogP contribution in [0.4, 0.5) is 5.69 Å². The van der Waals surface area contributed by atoms with Gasteiger partial charge >= 0.3 is 0 Å². The molecule has 0 aliphatic carbocycles. The second kappa shape index (κ2) is 7.22. The van der Waals surface area contributed by atoms with Crippen LogP contribution in [0.3, 0.4) is 0 Å². The van der Waals surface area contributed by atoms with E-state index in [2.05, 4.69) is 0 Å². The Morgan fingerprint density at radius 2 is 1.83 bits per heavy atom. The van der Waals surface area contributed by atoms with E-state index in [4.69, 9.17) is 4.74 Å². The van der Waals surface area contributed by atoms with E-state index < -0.39 is 47.8 Å². The third kappa shape index (κ3) is 3.88. The molecule has 0 spiro atoms. The lowest BCUT2D eigenvalue weighted by Gasteiger charge is -2.25. The molecule has 10 nitrogen and oxygen atoms in total. The number of ether oxygens (including phenoxy) is 1. The summed E-state index contributed by atoms with van der Waals surface area (Å²) in [5.74, 6) is -2.19. The van der Waals surface area contributed by atoms with E-state index >= 15 is 0 Å². The maximum Gasteiger partial charge on any atom is 0.246 e. The second-order valence-electron chi connectivity index (χ2n) is 7.20. The lowest BCUT2D eigenvalue weighted by Crippen LogP contribution is -2.38. The molecular formula is C16H22N2O8S3. The first-order chi connectivity index (χ1) is 13.3. The summed E-state index contributed by atoms with van der Waals surface area (Å²) in [6, 6.07) is 2.90. The fourth-order valence-electron chi connectivity index (χ4n) is 3.49. The molecule has 13 heteroatoms. The predicted octanol–water partition coefficient (Wildman–Crippen LogP) is -0.185. The summed E-state index contributed by atoms with van der Waals surface area (Å²) in [6.07, 6.45) is 0.163. The van der Waals surface area contributed by atoms with Crippen molar-refractivity contribution in [1.82, 2.24) is 4.31 Å². The number of anilines is 1. The zero-order chi connectivity index (χ0) is 21.8. The highest BCUT2D eigenvalue weighted by Gasteiger charge is 2.43. The van der Waals surface area contributed by atoms with Crippen molar-refractivity contribution in [2.45, 2.75) is 24.3 Å². The van der Waals surface area contributed by atoms with Gasteiger partial charge in [-0.3, -0.25) is 4.79 Å². The molecule has 162 valence electrons. The molecule has 1 aromatic rings. The Bertz CT molecular complexity index is 1160. The Morgan fingerprint density at radius 1 is 1.17 bits per heavy atom. The molecule has 0 radical (unpaired) electrons. The summed E-state index contributed by atoms with van der Waals surface area (Å²) in [5, 5.41) is 0. The molecule has 1 aromatic carbocycles. The zero-order valence-corrected chi connectivity index (χ0v) is 18.5. The van der Waals surface area contributed by atoms with Crippen LogP contribution < -0.4 is 9.04 Å². The van der Waals surface area contributed by atoms with Crippen molar-refractivity contribution in [3.63, 3.8) is 0 Å². The van der Waals surface area contributed by atoms with Gasteiger partial charge in [0.15, 0.2) is 9.84 Å². The van der Waals surface area contributed by atoms with Crippen molar-refractivity contribution in [3.05, 3.63) is 18.2 Å². The van der Waals surface area contributed by atoms with Crippen LogP contribution in [0.5, 0.6) is 5.75 Å². The molecule has 3 rings (SSSR count). The minimum Gasteiger partial charge on any atom is -0.495 e. The Labute approximate surface area is 170 Å². The Balaban J connectivity index is 2.07. The molecule has 2 saturated heterocycles.